The average Bonchev–Trinajstić information content (AvgIpc) is 2.90. The summed E-state index contributed by atoms with van der Waals surface area (Å²) >= 11 is 5.19. The van der Waals surface area contributed by atoms with Crippen molar-refractivity contribution in [2.75, 3.05) is 11.9 Å². The van der Waals surface area contributed by atoms with Crippen molar-refractivity contribution in [1.29, 1.82) is 5.26 Å². The molecule has 0 radical (unpaired) electrons. The van der Waals surface area contributed by atoms with Gasteiger partial charge in [0.15, 0.2) is 0 Å². The van der Waals surface area contributed by atoms with E-state index in [0.29, 0.717) is 11.6 Å². The number of hydrogen-bond acceptors (Lipinski definition) is 3. The lowest BCUT2D eigenvalue weighted by Crippen LogP contribution is -2.20. The zero-order valence-electron chi connectivity index (χ0n) is 10.2. The molecular weight excluding hydrogens is 308 g/mol. The van der Waals surface area contributed by atoms with E-state index >= 15 is 0 Å². The van der Waals surface area contributed by atoms with Gasteiger partial charge in [-0.3, -0.25) is 0 Å². The molecular formula is C14H13BrN2S. The van der Waals surface area contributed by atoms with E-state index in [1.165, 1.54) is 4.88 Å². The van der Waals surface area contributed by atoms with Crippen molar-refractivity contribution in [3.63, 3.8) is 0 Å². The van der Waals surface area contributed by atoms with Crippen LogP contribution in [-0.2, 0) is 0 Å². The van der Waals surface area contributed by atoms with Crippen LogP contribution in [0.4, 0.5) is 5.69 Å². The van der Waals surface area contributed by atoms with Crippen molar-refractivity contribution in [3.05, 3.63) is 50.6 Å². The van der Waals surface area contributed by atoms with Crippen LogP contribution in [0.2, 0.25) is 0 Å². The van der Waals surface area contributed by atoms with Crippen LogP contribution in [0.5, 0.6) is 0 Å². The third-order valence-corrected chi connectivity index (χ3v) is 4.46. The first-order valence-electron chi connectivity index (χ1n) is 5.58. The summed E-state index contributed by atoms with van der Waals surface area (Å²) < 4.78 is 0.932. The maximum absolute atomic E-state index is 9.00. The van der Waals surface area contributed by atoms with Gasteiger partial charge in [-0.05, 0) is 36.6 Å². The molecule has 1 aromatic carbocycles. The fraction of sp³-hybridized carbons (Fsp3) is 0.214. The molecule has 0 bridgehead atoms. The molecule has 0 aliphatic rings. The van der Waals surface area contributed by atoms with Gasteiger partial charge >= 0.3 is 0 Å². The van der Waals surface area contributed by atoms with Gasteiger partial charge in [-0.1, -0.05) is 22.0 Å². The normalized spacial score (nSPS) is 11.9. The second-order valence-electron chi connectivity index (χ2n) is 4.11. The van der Waals surface area contributed by atoms with Gasteiger partial charge in [0, 0.05) is 22.1 Å². The van der Waals surface area contributed by atoms with E-state index in [2.05, 4.69) is 51.3 Å². The van der Waals surface area contributed by atoms with Crippen LogP contribution < -0.4 is 4.90 Å². The molecule has 0 aliphatic heterocycles. The summed E-state index contributed by atoms with van der Waals surface area (Å²) in [7, 11) is 2.05. The Bertz CT molecular complexity index is 572. The maximum Gasteiger partial charge on any atom is 0.0992 e. The Morgan fingerprint density at radius 3 is 2.78 bits per heavy atom. The highest BCUT2D eigenvalue weighted by Crippen LogP contribution is 2.30. The van der Waals surface area contributed by atoms with Crippen LogP contribution in [0.1, 0.15) is 23.4 Å². The molecule has 4 heteroatoms. The Balaban J connectivity index is 2.31. The summed E-state index contributed by atoms with van der Waals surface area (Å²) in [5.41, 5.74) is 1.71. The molecule has 1 heterocycles. The molecule has 2 nitrogen and oxygen atoms in total. The van der Waals surface area contributed by atoms with Crippen molar-refractivity contribution in [2.45, 2.75) is 13.0 Å². The van der Waals surface area contributed by atoms with Gasteiger partial charge in [0.1, 0.15) is 0 Å². The Kier molecular flexibility index (Phi) is 4.05. The lowest BCUT2D eigenvalue weighted by Gasteiger charge is -2.26. The topological polar surface area (TPSA) is 27.0 Å². The van der Waals surface area contributed by atoms with Gasteiger partial charge in [-0.25, -0.2) is 0 Å². The lowest BCUT2D eigenvalue weighted by molar-refractivity contribution is 0.754. The van der Waals surface area contributed by atoms with E-state index in [1.54, 1.807) is 11.3 Å². The number of anilines is 1. The van der Waals surface area contributed by atoms with Crippen LogP contribution in [0, 0.1) is 11.3 Å². The molecule has 0 saturated heterocycles. The van der Waals surface area contributed by atoms with Crippen LogP contribution in [-0.4, -0.2) is 7.05 Å². The Morgan fingerprint density at radius 1 is 1.39 bits per heavy atom. The SMILES string of the molecule is CC(c1cccs1)N(C)c1cc(Br)cc(C#N)c1. The second-order valence-corrected chi connectivity index (χ2v) is 6.01. The number of hydrogen-bond donors (Lipinski definition) is 0. The zero-order valence-corrected chi connectivity index (χ0v) is 12.6. The molecule has 0 aliphatic carbocycles. The Morgan fingerprint density at radius 2 is 2.17 bits per heavy atom. The Hall–Kier alpha value is -1.31. The van der Waals surface area contributed by atoms with Gasteiger partial charge in [0.2, 0.25) is 0 Å². The molecule has 1 atom stereocenters. The molecule has 92 valence electrons. The van der Waals surface area contributed by atoms with E-state index in [-0.39, 0.29) is 0 Å². The molecule has 0 N–H and O–H groups in total. The van der Waals surface area contributed by atoms with Gasteiger partial charge < -0.3 is 4.90 Å². The smallest absolute Gasteiger partial charge is 0.0992 e. The minimum Gasteiger partial charge on any atom is -0.367 e. The molecule has 1 unspecified atom stereocenters. The number of benzene rings is 1. The molecule has 0 spiro atoms. The van der Waals surface area contributed by atoms with Gasteiger partial charge in [-0.15, -0.1) is 11.3 Å². The van der Waals surface area contributed by atoms with E-state index in [1.807, 2.05) is 25.2 Å². The largest absolute Gasteiger partial charge is 0.367 e. The van der Waals surface area contributed by atoms with E-state index < -0.39 is 0 Å². The first kappa shape index (κ1) is 13.1. The standard InChI is InChI=1S/C14H13BrN2S/c1-10(14-4-3-5-18-14)17(2)13-7-11(9-16)6-12(15)8-13/h3-8,10H,1-2H3. The summed E-state index contributed by atoms with van der Waals surface area (Å²) in [6, 6.07) is 12.4. The summed E-state index contributed by atoms with van der Waals surface area (Å²) in [4.78, 5) is 3.49. The number of nitrogens with zero attached hydrogens (tertiary/aromatic N) is 2. The van der Waals surface area contributed by atoms with Crippen LogP contribution in [0.3, 0.4) is 0 Å². The van der Waals surface area contributed by atoms with Crippen LogP contribution >= 0.6 is 27.3 Å². The molecule has 2 aromatic rings. The molecule has 0 saturated carbocycles. The van der Waals surface area contributed by atoms with E-state index in [9.17, 15) is 0 Å². The van der Waals surface area contributed by atoms with Crippen molar-refractivity contribution in [3.8, 4) is 6.07 Å². The fourth-order valence-electron chi connectivity index (χ4n) is 1.79. The fourth-order valence-corrected chi connectivity index (χ4v) is 3.09. The van der Waals surface area contributed by atoms with E-state index in [4.69, 9.17) is 5.26 Å². The third kappa shape index (κ3) is 2.74. The van der Waals surface area contributed by atoms with Gasteiger partial charge in [-0.2, -0.15) is 5.26 Å². The van der Waals surface area contributed by atoms with Crippen molar-refractivity contribution in [2.24, 2.45) is 0 Å². The summed E-state index contributed by atoms with van der Waals surface area (Å²) in [6.45, 7) is 2.17. The average molecular weight is 321 g/mol. The molecule has 0 amide bonds. The summed E-state index contributed by atoms with van der Waals surface area (Å²) in [5.74, 6) is 0. The molecule has 1 aromatic heterocycles. The predicted molar refractivity (Wildman–Crippen MR) is 80.0 cm³/mol. The van der Waals surface area contributed by atoms with Crippen molar-refractivity contribution in [1.82, 2.24) is 0 Å². The van der Waals surface area contributed by atoms with E-state index in [0.717, 1.165) is 10.2 Å². The van der Waals surface area contributed by atoms with Crippen LogP contribution in [0.15, 0.2) is 40.2 Å². The second kappa shape index (κ2) is 5.55. The first-order valence-corrected chi connectivity index (χ1v) is 7.26. The first-order chi connectivity index (χ1) is 8.61. The summed E-state index contributed by atoms with van der Waals surface area (Å²) in [6.07, 6.45) is 0. The minimum atomic E-state index is 0.297. The maximum atomic E-state index is 9.00. The van der Waals surface area contributed by atoms with Crippen LogP contribution in [0.25, 0.3) is 0 Å². The highest BCUT2D eigenvalue weighted by atomic mass is 79.9. The highest BCUT2D eigenvalue weighted by molar-refractivity contribution is 9.10. The highest BCUT2D eigenvalue weighted by Gasteiger charge is 2.14. The Labute approximate surface area is 120 Å². The number of rotatable bonds is 3. The zero-order chi connectivity index (χ0) is 13.1. The lowest BCUT2D eigenvalue weighted by atomic mass is 10.1. The van der Waals surface area contributed by atoms with Gasteiger partial charge in [0.25, 0.3) is 0 Å². The number of nitriles is 1. The third-order valence-electron chi connectivity index (χ3n) is 2.95. The van der Waals surface area contributed by atoms with Gasteiger partial charge in [0.05, 0.1) is 17.7 Å². The van der Waals surface area contributed by atoms with Crippen molar-refractivity contribution >= 4 is 33.0 Å². The summed E-state index contributed by atoms with van der Waals surface area (Å²) in [5, 5.41) is 11.1. The molecule has 0 fully saturated rings. The number of halogens is 1. The van der Waals surface area contributed by atoms with Crippen molar-refractivity contribution < 1.29 is 0 Å². The number of thiophene rings is 1. The monoisotopic (exact) mass is 320 g/mol. The quantitative estimate of drug-likeness (QED) is 0.827. The minimum absolute atomic E-state index is 0.297. The molecule has 2 rings (SSSR count). The molecule has 18 heavy (non-hydrogen) atoms. The predicted octanol–water partition coefficient (Wildman–Crippen LogP) is 4.58.